The third-order valence-electron chi connectivity index (χ3n) is 5.00. The summed E-state index contributed by atoms with van der Waals surface area (Å²) in [6.07, 6.45) is 16.1. The van der Waals surface area contributed by atoms with Crippen molar-refractivity contribution in [3.05, 3.63) is 12.2 Å². The molecule has 1 nitrogen and oxygen atoms in total. The zero-order valence-corrected chi connectivity index (χ0v) is 10.1. The third-order valence-corrected chi connectivity index (χ3v) is 5.00. The number of Topliss-reactive ketones (excluding diaryl/α,β-unsaturated/α-hetero) is 1. The topological polar surface area (TPSA) is 17.1 Å². The molecule has 2 bridgehead atoms. The lowest BCUT2D eigenvalue weighted by molar-refractivity contribution is -0.130. The van der Waals surface area contributed by atoms with Gasteiger partial charge >= 0.3 is 0 Å². The Kier molecular flexibility index (Phi) is 2.65. The summed E-state index contributed by atoms with van der Waals surface area (Å²) in [7, 11) is 0. The van der Waals surface area contributed by atoms with Crippen molar-refractivity contribution in [2.24, 2.45) is 17.3 Å². The van der Waals surface area contributed by atoms with Crippen LogP contribution in [0.2, 0.25) is 0 Å². The molecule has 88 valence electrons. The Labute approximate surface area is 98.3 Å². The van der Waals surface area contributed by atoms with Gasteiger partial charge in [-0.25, -0.2) is 0 Å². The van der Waals surface area contributed by atoms with Gasteiger partial charge in [0.2, 0.25) is 0 Å². The van der Waals surface area contributed by atoms with E-state index < -0.39 is 0 Å². The number of rotatable bonds is 0. The first-order valence-electron chi connectivity index (χ1n) is 7.02. The van der Waals surface area contributed by atoms with Crippen molar-refractivity contribution in [3.8, 4) is 0 Å². The fourth-order valence-corrected chi connectivity index (χ4v) is 4.07. The van der Waals surface area contributed by atoms with Crippen LogP contribution in [0.4, 0.5) is 0 Å². The van der Waals surface area contributed by atoms with Gasteiger partial charge in [0.05, 0.1) is 0 Å². The second-order valence-electron chi connectivity index (χ2n) is 6.12. The van der Waals surface area contributed by atoms with Crippen molar-refractivity contribution < 1.29 is 4.79 Å². The maximum absolute atomic E-state index is 12.1. The first kappa shape index (κ1) is 10.6. The second kappa shape index (κ2) is 4.01. The molecule has 1 heteroatoms. The van der Waals surface area contributed by atoms with E-state index in [1.54, 1.807) is 0 Å². The molecule has 2 saturated carbocycles. The van der Waals surface area contributed by atoms with Gasteiger partial charge in [0.15, 0.2) is 0 Å². The Morgan fingerprint density at radius 2 is 1.94 bits per heavy atom. The average molecular weight is 218 g/mol. The molecule has 0 N–H and O–H groups in total. The van der Waals surface area contributed by atoms with Gasteiger partial charge in [0, 0.05) is 17.8 Å². The number of carbonyl (C=O) groups excluding carboxylic acids is 1. The largest absolute Gasteiger partial charge is 0.299 e. The molecule has 3 atom stereocenters. The quantitative estimate of drug-likeness (QED) is 0.564. The van der Waals surface area contributed by atoms with E-state index in [0.717, 1.165) is 6.42 Å². The predicted molar refractivity (Wildman–Crippen MR) is 65.1 cm³/mol. The summed E-state index contributed by atoms with van der Waals surface area (Å²) in [4.78, 5) is 12.1. The molecule has 0 amide bonds. The van der Waals surface area contributed by atoms with Crippen LogP contribution < -0.4 is 0 Å². The standard InChI is InChI=1S/C15H22O/c16-14-10-12-6-4-2-1-3-5-8-15(11-12)9-7-13(14)15/h7,9,12-13H,1-6,8,10-11H2/t12?,13-,15+/m0/s1. The maximum Gasteiger partial charge on any atom is 0.140 e. The van der Waals surface area contributed by atoms with Gasteiger partial charge in [0.1, 0.15) is 5.78 Å². The van der Waals surface area contributed by atoms with Gasteiger partial charge in [-0.15, -0.1) is 0 Å². The van der Waals surface area contributed by atoms with Crippen molar-refractivity contribution in [1.29, 1.82) is 0 Å². The van der Waals surface area contributed by atoms with Gasteiger partial charge < -0.3 is 0 Å². The van der Waals surface area contributed by atoms with E-state index in [0.29, 0.717) is 23.0 Å². The van der Waals surface area contributed by atoms with Gasteiger partial charge in [-0.2, -0.15) is 0 Å². The highest BCUT2D eigenvalue weighted by Gasteiger charge is 2.49. The van der Waals surface area contributed by atoms with Gasteiger partial charge in [-0.05, 0) is 25.2 Å². The zero-order valence-electron chi connectivity index (χ0n) is 10.1. The summed E-state index contributed by atoms with van der Waals surface area (Å²) in [5, 5.41) is 0. The van der Waals surface area contributed by atoms with Crippen LogP contribution in [0.1, 0.15) is 57.8 Å². The van der Waals surface area contributed by atoms with E-state index in [2.05, 4.69) is 12.2 Å². The zero-order chi connectivity index (χ0) is 11.0. The minimum absolute atomic E-state index is 0.308. The number of allylic oxidation sites excluding steroid dienone is 2. The highest BCUT2D eigenvalue weighted by Crippen LogP contribution is 2.54. The molecule has 0 aliphatic heterocycles. The molecular weight excluding hydrogens is 196 g/mol. The fourth-order valence-electron chi connectivity index (χ4n) is 4.07. The number of carbonyl (C=O) groups is 1. The molecule has 1 spiro atoms. The Balaban J connectivity index is 1.80. The van der Waals surface area contributed by atoms with Crippen LogP contribution in [0.5, 0.6) is 0 Å². The van der Waals surface area contributed by atoms with E-state index in [-0.39, 0.29) is 0 Å². The molecule has 16 heavy (non-hydrogen) atoms. The Morgan fingerprint density at radius 1 is 1.12 bits per heavy atom. The fraction of sp³-hybridized carbons (Fsp3) is 0.800. The van der Waals surface area contributed by atoms with Crippen LogP contribution in [0.3, 0.4) is 0 Å². The summed E-state index contributed by atoms with van der Waals surface area (Å²) in [6, 6.07) is 0. The average Bonchev–Trinajstić information content (AvgIpc) is 2.23. The van der Waals surface area contributed by atoms with E-state index in [1.807, 2.05) is 0 Å². The minimum atomic E-state index is 0.308. The maximum atomic E-state index is 12.1. The van der Waals surface area contributed by atoms with Gasteiger partial charge in [-0.3, -0.25) is 4.79 Å². The van der Waals surface area contributed by atoms with Crippen molar-refractivity contribution >= 4 is 5.78 Å². The molecule has 0 aromatic rings. The predicted octanol–water partition coefficient (Wildman–Crippen LogP) is 3.88. The van der Waals surface area contributed by atoms with Crippen LogP contribution in [-0.2, 0) is 4.79 Å². The lowest BCUT2D eigenvalue weighted by Gasteiger charge is -2.49. The van der Waals surface area contributed by atoms with Crippen LogP contribution >= 0.6 is 0 Å². The van der Waals surface area contributed by atoms with Crippen LogP contribution in [0.25, 0.3) is 0 Å². The molecule has 3 aliphatic carbocycles. The molecule has 0 aromatic carbocycles. The third kappa shape index (κ3) is 1.65. The summed E-state index contributed by atoms with van der Waals surface area (Å²) in [6.45, 7) is 0. The summed E-state index contributed by atoms with van der Waals surface area (Å²) < 4.78 is 0. The summed E-state index contributed by atoms with van der Waals surface area (Å²) in [5.74, 6) is 1.55. The van der Waals surface area contributed by atoms with Crippen LogP contribution in [-0.4, -0.2) is 5.78 Å². The number of fused-ring (bicyclic) bond motifs is 1. The molecule has 2 fully saturated rings. The van der Waals surface area contributed by atoms with E-state index in [9.17, 15) is 4.79 Å². The molecule has 0 radical (unpaired) electrons. The highest BCUT2D eigenvalue weighted by molar-refractivity contribution is 5.86. The lowest BCUT2D eigenvalue weighted by atomic mass is 9.54. The van der Waals surface area contributed by atoms with E-state index >= 15 is 0 Å². The van der Waals surface area contributed by atoms with E-state index in [1.165, 1.54) is 51.4 Å². The smallest absolute Gasteiger partial charge is 0.140 e. The first-order chi connectivity index (χ1) is 7.80. The molecule has 3 rings (SSSR count). The summed E-state index contributed by atoms with van der Waals surface area (Å²) in [5.41, 5.74) is 0.317. The lowest BCUT2D eigenvalue weighted by Crippen LogP contribution is -2.45. The Hall–Kier alpha value is -0.590. The molecule has 0 saturated heterocycles. The number of hydrogen-bond acceptors (Lipinski definition) is 1. The summed E-state index contributed by atoms with van der Waals surface area (Å²) >= 11 is 0. The van der Waals surface area contributed by atoms with E-state index in [4.69, 9.17) is 0 Å². The molecule has 0 heterocycles. The first-order valence-corrected chi connectivity index (χ1v) is 7.02. The SMILES string of the molecule is O=C1CC2CCCCCCC[C@@]3(C=C[C@@H]13)C2. The molecule has 1 unspecified atom stereocenters. The van der Waals surface area contributed by atoms with Crippen molar-refractivity contribution in [1.82, 2.24) is 0 Å². The van der Waals surface area contributed by atoms with Crippen LogP contribution in [0.15, 0.2) is 12.2 Å². The molecule has 3 aliphatic rings. The van der Waals surface area contributed by atoms with Gasteiger partial charge in [-0.1, -0.05) is 44.3 Å². The normalized spacial score (nSPS) is 43.4. The highest BCUT2D eigenvalue weighted by atomic mass is 16.1. The number of ketones is 1. The molecule has 0 aromatic heterocycles. The second-order valence-corrected chi connectivity index (χ2v) is 6.12. The van der Waals surface area contributed by atoms with Gasteiger partial charge in [0.25, 0.3) is 0 Å². The molecular formula is C15H22O. The Morgan fingerprint density at radius 3 is 2.75 bits per heavy atom. The minimum Gasteiger partial charge on any atom is -0.299 e. The monoisotopic (exact) mass is 218 g/mol. The van der Waals surface area contributed by atoms with Crippen LogP contribution in [0, 0.1) is 17.3 Å². The van der Waals surface area contributed by atoms with Crippen molar-refractivity contribution in [2.45, 2.75) is 57.8 Å². The Bertz CT molecular complexity index is 317. The van der Waals surface area contributed by atoms with Crippen molar-refractivity contribution in [2.75, 3.05) is 0 Å². The number of hydrogen-bond donors (Lipinski definition) is 0. The van der Waals surface area contributed by atoms with Crippen molar-refractivity contribution in [3.63, 3.8) is 0 Å².